The van der Waals surface area contributed by atoms with Gasteiger partial charge in [0.25, 0.3) is 0 Å². The topological polar surface area (TPSA) is 109 Å². The van der Waals surface area contributed by atoms with Gasteiger partial charge in [-0.05, 0) is 49.4 Å². The number of pyridine rings is 3. The number of carbonyl (C=O) groups is 1. The van der Waals surface area contributed by atoms with E-state index in [0.29, 0.717) is 16.3 Å². The van der Waals surface area contributed by atoms with E-state index in [1.54, 1.807) is 32.6 Å². The average molecular weight is 467 g/mol. The maximum absolute atomic E-state index is 11.8. The molecule has 9 heteroatoms. The smallest absolute Gasteiger partial charge is 0.169 e. The van der Waals surface area contributed by atoms with Crippen LogP contribution >= 0.6 is 11.3 Å². The summed E-state index contributed by atoms with van der Waals surface area (Å²) >= 11 is 1.44. The van der Waals surface area contributed by atoms with Crippen LogP contribution < -0.4 is 4.74 Å². The zero-order chi connectivity index (χ0) is 23.2. The first kappa shape index (κ1) is 20.3. The van der Waals surface area contributed by atoms with Gasteiger partial charge in [-0.15, -0.1) is 11.3 Å². The van der Waals surface area contributed by atoms with E-state index in [1.165, 1.54) is 11.3 Å². The van der Waals surface area contributed by atoms with Crippen LogP contribution in [-0.4, -0.2) is 43.0 Å². The van der Waals surface area contributed by atoms with Crippen LogP contribution in [0.4, 0.5) is 0 Å². The molecule has 6 rings (SSSR count). The van der Waals surface area contributed by atoms with Crippen molar-refractivity contribution < 1.29 is 9.53 Å². The van der Waals surface area contributed by atoms with Gasteiger partial charge in [0.05, 0.1) is 45.7 Å². The third-order valence-electron chi connectivity index (χ3n) is 5.64. The molecule has 0 bridgehead atoms. The van der Waals surface area contributed by atoms with Crippen LogP contribution in [0.25, 0.3) is 55.2 Å². The van der Waals surface area contributed by atoms with Crippen molar-refractivity contribution in [3.63, 3.8) is 0 Å². The number of thiophene rings is 1. The van der Waals surface area contributed by atoms with Crippen molar-refractivity contribution in [2.45, 2.75) is 6.92 Å². The van der Waals surface area contributed by atoms with Crippen LogP contribution in [0.5, 0.6) is 5.75 Å². The minimum Gasteiger partial charge on any atom is -0.495 e. The average Bonchev–Trinajstić information content (AvgIpc) is 3.61. The number of ketones is 1. The Morgan fingerprint density at radius 3 is 2.76 bits per heavy atom. The summed E-state index contributed by atoms with van der Waals surface area (Å²) in [4.78, 5) is 30.6. The molecule has 0 aromatic carbocycles. The molecule has 0 atom stereocenters. The van der Waals surface area contributed by atoms with E-state index >= 15 is 0 Å². The number of aromatic nitrogens is 6. The van der Waals surface area contributed by atoms with Crippen molar-refractivity contribution in [2.24, 2.45) is 0 Å². The lowest BCUT2D eigenvalue weighted by Gasteiger charge is -2.04. The summed E-state index contributed by atoms with van der Waals surface area (Å²) in [5.74, 6) is 0.721. The van der Waals surface area contributed by atoms with E-state index in [4.69, 9.17) is 9.72 Å². The van der Waals surface area contributed by atoms with Gasteiger partial charge in [-0.1, -0.05) is 0 Å². The molecule has 0 unspecified atom stereocenters. The Labute approximate surface area is 197 Å². The number of carbonyl (C=O) groups excluding carboxylic acids is 1. The Morgan fingerprint density at radius 1 is 1.03 bits per heavy atom. The molecule has 34 heavy (non-hydrogen) atoms. The highest BCUT2D eigenvalue weighted by Crippen LogP contribution is 2.35. The van der Waals surface area contributed by atoms with Crippen LogP contribution in [-0.2, 0) is 0 Å². The van der Waals surface area contributed by atoms with E-state index in [9.17, 15) is 4.79 Å². The summed E-state index contributed by atoms with van der Waals surface area (Å²) in [5.41, 5.74) is 6.51. The second-order valence-electron chi connectivity index (χ2n) is 7.80. The monoisotopic (exact) mass is 466 g/mol. The number of ether oxygens (including phenoxy) is 1. The zero-order valence-corrected chi connectivity index (χ0v) is 19.1. The molecule has 0 radical (unpaired) electrons. The maximum Gasteiger partial charge on any atom is 0.169 e. The zero-order valence-electron chi connectivity index (χ0n) is 18.3. The van der Waals surface area contributed by atoms with Crippen molar-refractivity contribution in [1.29, 1.82) is 0 Å². The first-order valence-electron chi connectivity index (χ1n) is 10.5. The Morgan fingerprint density at radius 2 is 1.94 bits per heavy atom. The Hall–Kier alpha value is -4.37. The molecule has 166 valence electrons. The standard InChI is InChI=1S/C25H18N6O2S/c1-13(32)21-5-6-22(34-21)23-16-10-20(28-18(16)7-8-27-23)25-24-19(30-31-25)4-3-17(29-24)14-9-15(33-2)12-26-11-14/h3-12,28H,1-2H3,(H,30,31). The molecule has 0 spiro atoms. The third kappa shape index (κ3) is 3.34. The molecule has 0 aliphatic rings. The minimum atomic E-state index is 0.0503. The maximum atomic E-state index is 11.8. The molecule has 8 nitrogen and oxygen atoms in total. The van der Waals surface area contributed by atoms with Crippen molar-refractivity contribution in [3.8, 4) is 39.0 Å². The van der Waals surface area contributed by atoms with Crippen LogP contribution in [0.15, 0.2) is 61.1 Å². The van der Waals surface area contributed by atoms with Crippen molar-refractivity contribution in [1.82, 2.24) is 30.1 Å². The Balaban J connectivity index is 1.47. The number of H-pyrrole nitrogens is 2. The van der Waals surface area contributed by atoms with Gasteiger partial charge >= 0.3 is 0 Å². The quantitative estimate of drug-likeness (QED) is 0.325. The van der Waals surface area contributed by atoms with Gasteiger partial charge in [-0.3, -0.25) is 19.9 Å². The SMILES string of the molecule is COc1cncc(-c2ccc3[nH]nc(-c4cc5c(-c6ccc(C(C)=O)s6)nccc5[nH]4)c3n2)c1. The summed E-state index contributed by atoms with van der Waals surface area (Å²) < 4.78 is 5.30. The van der Waals surface area contributed by atoms with Crippen molar-refractivity contribution in [3.05, 3.63) is 65.9 Å². The van der Waals surface area contributed by atoms with Crippen LogP contribution in [0, 0.1) is 0 Å². The highest BCUT2D eigenvalue weighted by Gasteiger charge is 2.17. The number of hydrogen-bond donors (Lipinski definition) is 2. The molecular weight excluding hydrogens is 448 g/mol. The minimum absolute atomic E-state index is 0.0503. The molecule has 0 fully saturated rings. The lowest BCUT2D eigenvalue weighted by atomic mass is 10.1. The van der Waals surface area contributed by atoms with Gasteiger partial charge in [0.1, 0.15) is 17.0 Å². The largest absolute Gasteiger partial charge is 0.495 e. The predicted octanol–water partition coefficient (Wildman–Crippen LogP) is 5.50. The molecule has 0 saturated carbocycles. The lowest BCUT2D eigenvalue weighted by Crippen LogP contribution is -1.89. The Kier molecular flexibility index (Phi) is 4.70. The molecular formula is C25H18N6O2S. The number of hydrogen-bond acceptors (Lipinski definition) is 7. The number of rotatable bonds is 5. The number of methoxy groups -OCH3 is 1. The molecule has 0 amide bonds. The van der Waals surface area contributed by atoms with Gasteiger partial charge < -0.3 is 9.72 Å². The van der Waals surface area contributed by atoms with Gasteiger partial charge in [-0.2, -0.15) is 5.10 Å². The van der Waals surface area contributed by atoms with E-state index < -0.39 is 0 Å². The molecule has 0 saturated heterocycles. The fourth-order valence-electron chi connectivity index (χ4n) is 3.95. The summed E-state index contributed by atoms with van der Waals surface area (Å²) in [7, 11) is 1.61. The third-order valence-corrected chi connectivity index (χ3v) is 6.83. The first-order valence-corrected chi connectivity index (χ1v) is 11.4. The normalized spacial score (nSPS) is 11.4. The first-order chi connectivity index (χ1) is 16.6. The van der Waals surface area contributed by atoms with Gasteiger partial charge in [0.15, 0.2) is 5.78 Å². The molecule has 6 aromatic rings. The van der Waals surface area contributed by atoms with Crippen molar-refractivity contribution >= 4 is 39.1 Å². The molecule has 6 aromatic heterocycles. The van der Waals surface area contributed by atoms with E-state index in [2.05, 4.69) is 25.1 Å². The van der Waals surface area contributed by atoms with Crippen LogP contribution in [0.1, 0.15) is 16.6 Å². The van der Waals surface area contributed by atoms with Gasteiger partial charge in [-0.25, -0.2) is 4.98 Å². The van der Waals surface area contributed by atoms with E-state index in [-0.39, 0.29) is 5.78 Å². The fourth-order valence-corrected chi connectivity index (χ4v) is 4.86. The summed E-state index contributed by atoms with van der Waals surface area (Å²) in [6.07, 6.45) is 5.18. The van der Waals surface area contributed by atoms with E-state index in [1.807, 2.05) is 42.5 Å². The number of nitrogens with one attached hydrogen (secondary N) is 2. The van der Waals surface area contributed by atoms with Crippen LogP contribution in [0.2, 0.25) is 0 Å². The highest BCUT2D eigenvalue weighted by molar-refractivity contribution is 7.17. The highest BCUT2D eigenvalue weighted by atomic mass is 32.1. The second kappa shape index (κ2) is 7.89. The molecule has 0 aliphatic heterocycles. The summed E-state index contributed by atoms with van der Waals surface area (Å²) in [5, 5.41) is 8.57. The number of fused-ring (bicyclic) bond motifs is 2. The lowest BCUT2D eigenvalue weighted by molar-refractivity contribution is 0.102. The fraction of sp³-hybridized carbons (Fsp3) is 0.0800. The van der Waals surface area contributed by atoms with E-state index in [0.717, 1.165) is 49.5 Å². The number of Topliss-reactive ketones (excluding diaryl/α,β-unsaturated/α-hetero) is 1. The second-order valence-corrected chi connectivity index (χ2v) is 8.89. The summed E-state index contributed by atoms with van der Waals surface area (Å²) in [6.45, 7) is 1.57. The molecule has 0 aliphatic carbocycles. The summed E-state index contributed by atoms with van der Waals surface area (Å²) in [6, 6.07) is 13.5. The Bertz CT molecular complexity index is 1700. The number of nitrogens with zero attached hydrogens (tertiary/aromatic N) is 4. The predicted molar refractivity (Wildman–Crippen MR) is 132 cm³/mol. The van der Waals surface area contributed by atoms with Crippen molar-refractivity contribution in [2.75, 3.05) is 7.11 Å². The van der Waals surface area contributed by atoms with Gasteiger partial charge in [0, 0.05) is 28.9 Å². The van der Waals surface area contributed by atoms with Gasteiger partial charge in [0.2, 0.25) is 0 Å². The van der Waals surface area contributed by atoms with Crippen LogP contribution in [0.3, 0.4) is 0 Å². The number of aromatic amines is 2. The molecule has 6 heterocycles. The molecule has 2 N–H and O–H groups in total.